The zero-order chi connectivity index (χ0) is 13.4. The molecule has 18 heavy (non-hydrogen) atoms. The number of rotatable bonds is 5. The molecule has 0 amide bonds. The largest absolute Gasteiger partial charge is 0.295 e. The topological polar surface area (TPSA) is 17.1 Å². The van der Waals surface area contributed by atoms with Gasteiger partial charge in [-0.1, -0.05) is 18.4 Å². The summed E-state index contributed by atoms with van der Waals surface area (Å²) in [5.41, 5.74) is 1.28. The summed E-state index contributed by atoms with van der Waals surface area (Å²) >= 11 is 5.55. The summed E-state index contributed by atoms with van der Waals surface area (Å²) in [5, 5.41) is 0. The molecular weight excluding hydrogens is 251 g/mol. The fourth-order valence-electron chi connectivity index (χ4n) is 1.40. The van der Waals surface area contributed by atoms with Gasteiger partial charge >= 0.3 is 0 Å². The highest BCUT2D eigenvalue weighted by molar-refractivity contribution is 6.17. The molecule has 0 bridgehead atoms. The van der Waals surface area contributed by atoms with Crippen molar-refractivity contribution in [3.05, 3.63) is 47.8 Å². The summed E-state index contributed by atoms with van der Waals surface area (Å²) in [7, 11) is 0. The van der Waals surface area contributed by atoms with Crippen molar-refractivity contribution in [3.63, 3.8) is 0 Å². The van der Waals surface area contributed by atoms with E-state index in [2.05, 4.69) is 18.4 Å². The van der Waals surface area contributed by atoms with Crippen molar-refractivity contribution >= 4 is 17.4 Å². The van der Waals surface area contributed by atoms with Crippen molar-refractivity contribution in [3.8, 4) is 11.8 Å². The summed E-state index contributed by atoms with van der Waals surface area (Å²) < 4.78 is 13.1. The van der Waals surface area contributed by atoms with Crippen LogP contribution in [0.4, 0.5) is 4.39 Å². The van der Waals surface area contributed by atoms with E-state index in [0.717, 1.165) is 6.42 Å². The molecule has 3 heteroatoms. The third-order valence-electron chi connectivity index (χ3n) is 2.32. The number of carbonyl (C=O) groups excluding carboxylic acids is 1. The molecule has 1 rings (SSSR count). The van der Waals surface area contributed by atoms with Gasteiger partial charge in [-0.2, -0.15) is 0 Å². The summed E-state index contributed by atoms with van der Waals surface area (Å²) in [6.07, 6.45) is 2.86. The van der Waals surface area contributed by atoms with Crippen molar-refractivity contribution < 1.29 is 9.18 Å². The van der Waals surface area contributed by atoms with Gasteiger partial charge in [-0.05, 0) is 36.3 Å². The van der Waals surface area contributed by atoms with Crippen LogP contribution in [0, 0.1) is 17.7 Å². The molecule has 1 aromatic rings. The number of benzene rings is 1. The average Bonchev–Trinajstić information content (AvgIpc) is 2.36. The van der Waals surface area contributed by atoms with Crippen LogP contribution < -0.4 is 0 Å². The van der Waals surface area contributed by atoms with Crippen LogP contribution in [0.2, 0.25) is 0 Å². The minimum atomic E-state index is -0.367. The Morgan fingerprint density at radius 3 is 2.94 bits per heavy atom. The first-order chi connectivity index (χ1) is 8.67. The van der Waals surface area contributed by atoms with Gasteiger partial charge in [0.25, 0.3) is 0 Å². The highest BCUT2D eigenvalue weighted by atomic mass is 35.5. The van der Waals surface area contributed by atoms with Gasteiger partial charge in [0.05, 0.1) is 0 Å². The maximum Gasteiger partial charge on any atom is 0.159 e. The lowest BCUT2D eigenvalue weighted by Crippen LogP contribution is -2.01. The van der Waals surface area contributed by atoms with Crippen LogP contribution in [-0.4, -0.2) is 11.7 Å². The smallest absolute Gasteiger partial charge is 0.159 e. The summed E-state index contributed by atoms with van der Waals surface area (Å²) in [6.45, 7) is 3.40. The molecule has 0 atom stereocenters. The van der Waals surface area contributed by atoms with E-state index < -0.39 is 0 Å². The molecule has 94 valence electrons. The van der Waals surface area contributed by atoms with E-state index in [1.54, 1.807) is 6.07 Å². The molecule has 0 N–H and O–H groups in total. The van der Waals surface area contributed by atoms with Gasteiger partial charge in [0.1, 0.15) is 5.82 Å². The summed E-state index contributed by atoms with van der Waals surface area (Å²) in [6, 6.07) is 4.27. The first-order valence-electron chi connectivity index (χ1n) is 5.66. The van der Waals surface area contributed by atoms with Crippen LogP contribution in [0.15, 0.2) is 30.9 Å². The number of carbonyl (C=O) groups is 1. The Labute approximate surface area is 112 Å². The zero-order valence-corrected chi connectivity index (χ0v) is 10.8. The Kier molecular flexibility index (Phi) is 6.18. The Bertz CT molecular complexity index is 497. The molecular formula is C15H14ClFO. The third kappa shape index (κ3) is 4.73. The predicted molar refractivity (Wildman–Crippen MR) is 72.1 cm³/mol. The molecule has 0 heterocycles. The van der Waals surface area contributed by atoms with Crippen molar-refractivity contribution in [1.82, 2.24) is 0 Å². The van der Waals surface area contributed by atoms with E-state index in [1.165, 1.54) is 18.2 Å². The lowest BCUT2D eigenvalue weighted by Gasteiger charge is -2.02. The molecule has 1 aromatic carbocycles. The first kappa shape index (κ1) is 14.5. The van der Waals surface area contributed by atoms with E-state index in [9.17, 15) is 9.18 Å². The SMILES string of the molecule is C=CC(=O)Cc1cc(F)ccc1C#CCCCCl. The number of unbranched alkanes of at least 4 members (excludes halogenated alkanes) is 1. The van der Waals surface area contributed by atoms with Crippen molar-refractivity contribution in [2.45, 2.75) is 19.3 Å². The van der Waals surface area contributed by atoms with Crippen LogP contribution >= 0.6 is 11.6 Å². The quantitative estimate of drug-likeness (QED) is 0.344. The van der Waals surface area contributed by atoms with Crippen LogP contribution in [0.5, 0.6) is 0 Å². The number of ketones is 1. The lowest BCUT2D eigenvalue weighted by molar-refractivity contribution is -0.114. The van der Waals surface area contributed by atoms with Gasteiger partial charge in [0, 0.05) is 24.3 Å². The molecule has 0 unspecified atom stereocenters. The standard InChI is InChI=1S/C15H14ClFO/c1-2-15(18)11-13-10-14(17)8-7-12(13)6-4-3-5-9-16/h2,7-8,10H,1,3,5,9,11H2. The van der Waals surface area contributed by atoms with Crippen LogP contribution in [0.1, 0.15) is 24.0 Å². The van der Waals surface area contributed by atoms with Gasteiger partial charge in [-0.3, -0.25) is 4.79 Å². The van der Waals surface area contributed by atoms with Crippen molar-refractivity contribution in [1.29, 1.82) is 0 Å². The maximum absolute atomic E-state index is 13.1. The normalized spacial score (nSPS) is 9.44. The number of hydrogen-bond acceptors (Lipinski definition) is 1. The van der Waals surface area contributed by atoms with Gasteiger partial charge in [0.2, 0.25) is 0 Å². The van der Waals surface area contributed by atoms with E-state index >= 15 is 0 Å². The maximum atomic E-state index is 13.1. The fraction of sp³-hybridized carbons (Fsp3) is 0.267. The number of alkyl halides is 1. The van der Waals surface area contributed by atoms with E-state index in [0.29, 0.717) is 23.4 Å². The van der Waals surface area contributed by atoms with Crippen molar-refractivity contribution in [2.75, 3.05) is 5.88 Å². The Morgan fingerprint density at radius 1 is 1.50 bits per heavy atom. The molecule has 0 aliphatic carbocycles. The predicted octanol–water partition coefficient (Wildman–Crippen LogP) is 3.49. The second-order valence-corrected chi connectivity index (χ2v) is 4.12. The molecule has 1 nitrogen and oxygen atoms in total. The Balaban J connectivity index is 2.91. The van der Waals surface area contributed by atoms with Gasteiger partial charge in [-0.25, -0.2) is 4.39 Å². The van der Waals surface area contributed by atoms with E-state index in [4.69, 9.17) is 11.6 Å². The zero-order valence-electron chi connectivity index (χ0n) is 10.0. The monoisotopic (exact) mass is 264 g/mol. The molecule has 0 fully saturated rings. The van der Waals surface area contributed by atoms with Crippen LogP contribution in [-0.2, 0) is 11.2 Å². The fourth-order valence-corrected chi connectivity index (χ4v) is 1.54. The highest BCUT2D eigenvalue weighted by Crippen LogP contribution is 2.12. The second kappa shape index (κ2) is 7.68. The van der Waals surface area contributed by atoms with Crippen molar-refractivity contribution in [2.24, 2.45) is 0 Å². The van der Waals surface area contributed by atoms with Crippen LogP contribution in [0.3, 0.4) is 0 Å². The minimum absolute atomic E-state index is 0.126. The second-order valence-electron chi connectivity index (χ2n) is 3.74. The third-order valence-corrected chi connectivity index (χ3v) is 2.59. The summed E-state index contributed by atoms with van der Waals surface area (Å²) in [5.74, 6) is 5.96. The molecule has 0 saturated heterocycles. The Hall–Kier alpha value is -1.59. The van der Waals surface area contributed by atoms with Crippen LogP contribution in [0.25, 0.3) is 0 Å². The van der Waals surface area contributed by atoms with Gasteiger partial charge in [0.15, 0.2) is 5.78 Å². The molecule has 0 spiro atoms. The molecule has 0 aromatic heterocycles. The van der Waals surface area contributed by atoms with Gasteiger partial charge in [-0.15, -0.1) is 11.6 Å². The van der Waals surface area contributed by atoms with E-state index in [-0.39, 0.29) is 18.0 Å². The Morgan fingerprint density at radius 2 is 2.28 bits per heavy atom. The highest BCUT2D eigenvalue weighted by Gasteiger charge is 2.05. The number of halogens is 2. The minimum Gasteiger partial charge on any atom is -0.295 e. The van der Waals surface area contributed by atoms with Gasteiger partial charge < -0.3 is 0 Å². The first-order valence-corrected chi connectivity index (χ1v) is 6.19. The molecule has 0 saturated carbocycles. The average molecular weight is 265 g/mol. The lowest BCUT2D eigenvalue weighted by atomic mass is 10.0. The molecule has 0 aliphatic heterocycles. The molecule has 0 aliphatic rings. The number of hydrogen-bond donors (Lipinski definition) is 0. The molecule has 0 radical (unpaired) electrons. The summed E-state index contributed by atoms with van der Waals surface area (Å²) in [4.78, 5) is 11.3. The van der Waals surface area contributed by atoms with E-state index in [1.807, 2.05) is 0 Å². The number of allylic oxidation sites excluding steroid dienone is 1.